The van der Waals surface area contributed by atoms with Gasteiger partial charge in [0.2, 0.25) is 0 Å². The van der Waals surface area contributed by atoms with Crippen molar-refractivity contribution in [2.75, 3.05) is 20.1 Å². The Morgan fingerprint density at radius 3 is 2.47 bits per heavy atom. The van der Waals surface area contributed by atoms with Crippen LogP contribution in [0.3, 0.4) is 0 Å². The highest BCUT2D eigenvalue weighted by Gasteiger charge is 2.33. The normalized spacial score (nSPS) is 23.6. The molecule has 1 rings (SSSR count). The Kier molecular flexibility index (Phi) is 4.55. The smallest absolute Gasteiger partial charge is 0.0884 e. The number of likely N-dealkylation sites (tertiary alicyclic amines) is 1. The zero-order chi connectivity index (χ0) is 11.3. The number of allylic oxidation sites excluding steroid dienone is 3. The summed E-state index contributed by atoms with van der Waals surface area (Å²) in [7, 11) is 2.11. The molecule has 0 aromatic rings. The second-order valence-corrected chi connectivity index (χ2v) is 4.41. The third kappa shape index (κ3) is 3.18. The average molecular weight is 209 g/mol. The van der Waals surface area contributed by atoms with Crippen molar-refractivity contribution in [3.8, 4) is 0 Å². The molecule has 0 spiro atoms. The van der Waals surface area contributed by atoms with Crippen LogP contribution in [0.25, 0.3) is 0 Å². The minimum Gasteiger partial charge on any atom is -0.385 e. The largest absolute Gasteiger partial charge is 0.385 e. The Morgan fingerprint density at radius 2 is 2.00 bits per heavy atom. The molecule has 2 nitrogen and oxygen atoms in total. The van der Waals surface area contributed by atoms with Gasteiger partial charge in [0.1, 0.15) is 0 Å². The number of nitrogens with zero attached hydrogens (tertiary/aromatic N) is 1. The molecule has 2 heteroatoms. The van der Waals surface area contributed by atoms with Crippen molar-refractivity contribution >= 4 is 0 Å². The van der Waals surface area contributed by atoms with Crippen LogP contribution in [-0.4, -0.2) is 35.7 Å². The lowest BCUT2D eigenvalue weighted by Gasteiger charge is -2.38. The first-order chi connectivity index (χ1) is 7.12. The third-order valence-corrected chi connectivity index (χ3v) is 3.28. The van der Waals surface area contributed by atoms with E-state index in [1.54, 1.807) is 0 Å². The molecule has 0 unspecified atom stereocenters. The van der Waals surface area contributed by atoms with Gasteiger partial charge < -0.3 is 10.0 Å². The quantitative estimate of drug-likeness (QED) is 0.721. The van der Waals surface area contributed by atoms with E-state index in [4.69, 9.17) is 0 Å². The van der Waals surface area contributed by atoms with E-state index in [0.717, 1.165) is 32.4 Å². The molecular weight excluding hydrogens is 186 g/mol. The van der Waals surface area contributed by atoms with E-state index in [0.29, 0.717) is 0 Å². The lowest BCUT2D eigenvalue weighted by atomic mass is 9.82. The average Bonchev–Trinajstić information content (AvgIpc) is 2.24. The number of aliphatic hydroxyl groups is 1. The van der Waals surface area contributed by atoms with Crippen molar-refractivity contribution in [2.24, 2.45) is 0 Å². The molecule has 0 bridgehead atoms. The number of rotatable bonds is 3. The monoisotopic (exact) mass is 209 g/mol. The van der Waals surface area contributed by atoms with Crippen LogP contribution < -0.4 is 0 Å². The minimum atomic E-state index is -0.555. The van der Waals surface area contributed by atoms with Crippen molar-refractivity contribution < 1.29 is 5.11 Å². The SMILES string of the molecule is C/C=C\C=C(/CC)C1(O)CCN(C)CC1. The molecule has 0 aromatic heterocycles. The molecule has 0 saturated carbocycles. The predicted octanol–water partition coefficient (Wildman–Crippen LogP) is 2.36. The summed E-state index contributed by atoms with van der Waals surface area (Å²) in [5, 5.41) is 10.5. The molecule has 0 radical (unpaired) electrons. The van der Waals surface area contributed by atoms with Crippen LogP contribution in [0.5, 0.6) is 0 Å². The van der Waals surface area contributed by atoms with E-state index in [2.05, 4.69) is 24.9 Å². The van der Waals surface area contributed by atoms with E-state index >= 15 is 0 Å². The van der Waals surface area contributed by atoms with Crippen molar-refractivity contribution in [1.82, 2.24) is 4.90 Å². The highest BCUT2D eigenvalue weighted by Crippen LogP contribution is 2.31. The molecule has 86 valence electrons. The van der Waals surface area contributed by atoms with E-state index in [1.165, 1.54) is 5.57 Å². The summed E-state index contributed by atoms with van der Waals surface area (Å²) in [6, 6.07) is 0. The zero-order valence-electron chi connectivity index (χ0n) is 10.2. The Balaban J connectivity index is 2.74. The Labute approximate surface area is 93.3 Å². The summed E-state index contributed by atoms with van der Waals surface area (Å²) in [6.45, 7) is 6.10. The molecule has 0 atom stereocenters. The molecule has 0 aliphatic carbocycles. The maximum atomic E-state index is 10.5. The molecule has 1 aliphatic heterocycles. The van der Waals surface area contributed by atoms with E-state index in [1.807, 2.05) is 19.1 Å². The molecule has 1 heterocycles. The summed E-state index contributed by atoms with van der Waals surface area (Å²) in [6.07, 6.45) is 8.76. The van der Waals surface area contributed by atoms with Gasteiger partial charge in [-0.05, 0) is 38.8 Å². The first kappa shape index (κ1) is 12.5. The van der Waals surface area contributed by atoms with Gasteiger partial charge in [0.05, 0.1) is 5.60 Å². The molecular formula is C13H23NO. The first-order valence-corrected chi connectivity index (χ1v) is 5.85. The summed E-state index contributed by atoms with van der Waals surface area (Å²) in [5.74, 6) is 0. The van der Waals surface area contributed by atoms with Crippen LogP contribution in [0.15, 0.2) is 23.8 Å². The molecule has 1 aliphatic rings. The topological polar surface area (TPSA) is 23.5 Å². The van der Waals surface area contributed by atoms with E-state index in [-0.39, 0.29) is 0 Å². The molecule has 1 saturated heterocycles. The van der Waals surface area contributed by atoms with Crippen LogP contribution >= 0.6 is 0 Å². The summed E-state index contributed by atoms with van der Waals surface area (Å²) >= 11 is 0. The molecule has 1 N–H and O–H groups in total. The van der Waals surface area contributed by atoms with Gasteiger partial charge in [-0.25, -0.2) is 0 Å². The summed E-state index contributed by atoms with van der Waals surface area (Å²) in [5.41, 5.74) is 0.620. The van der Waals surface area contributed by atoms with Crippen LogP contribution in [0.1, 0.15) is 33.1 Å². The van der Waals surface area contributed by atoms with Gasteiger partial charge in [0, 0.05) is 13.1 Å². The lowest BCUT2D eigenvalue weighted by molar-refractivity contribution is 0.0141. The number of hydrogen-bond donors (Lipinski definition) is 1. The summed E-state index contributed by atoms with van der Waals surface area (Å²) < 4.78 is 0. The fraction of sp³-hybridized carbons (Fsp3) is 0.692. The molecule has 15 heavy (non-hydrogen) atoms. The van der Waals surface area contributed by atoms with Crippen molar-refractivity contribution in [3.05, 3.63) is 23.8 Å². The standard InChI is InChI=1S/C13H23NO/c1-4-6-7-12(5-2)13(15)8-10-14(3)11-9-13/h4,6-7,15H,5,8-11H2,1-3H3/b6-4-,12-7+. The lowest BCUT2D eigenvalue weighted by Crippen LogP contribution is -2.43. The third-order valence-electron chi connectivity index (χ3n) is 3.28. The van der Waals surface area contributed by atoms with Crippen LogP contribution in [0, 0.1) is 0 Å². The highest BCUT2D eigenvalue weighted by molar-refractivity contribution is 5.22. The molecule has 1 fully saturated rings. The van der Waals surface area contributed by atoms with Crippen LogP contribution in [0.4, 0.5) is 0 Å². The van der Waals surface area contributed by atoms with Gasteiger partial charge in [0.15, 0.2) is 0 Å². The second-order valence-electron chi connectivity index (χ2n) is 4.41. The van der Waals surface area contributed by atoms with E-state index < -0.39 is 5.60 Å². The maximum absolute atomic E-state index is 10.5. The molecule has 0 amide bonds. The Hall–Kier alpha value is -0.600. The Morgan fingerprint density at radius 1 is 1.40 bits per heavy atom. The van der Waals surface area contributed by atoms with Gasteiger partial charge >= 0.3 is 0 Å². The zero-order valence-corrected chi connectivity index (χ0v) is 10.2. The van der Waals surface area contributed by atoms with Gasteiger partial charge in [-0.15, -0.1) is 0 Å². The van der Waals surface area contributed by atoms with Crippen molar-refractivity contribution in [3.63, 3.8) is 0 Å². The van der Waals surface area contributed by atoms with Gasteiger partial charge in [-0.1, -0.05) is 25.2 Å². The Bertz CT molecular complexity index is 247. The van der Waals surface area contributed by atoms with Crippen molar-refractivity contribution in [1.29, 1.82) is 0 Å². The number of piperidine rings is 1. The minimum absolute atomic E-state index is 0.555. The van der Waals surface area contributed by atoms with Crippen molar-refractivity contribution in [2.45, 2.75) is 38.7 Å². The van der Waals surface area contributed by atoms with Crippen LogP contribution in [0.2, 0.25) is 0 Å². The van der Waals surface area contributed by atoms with Crippen LogP contribution in [-0.2, 0) is 0 Å². The second kappa shape index (κ2) is 5.47. The van der Waals surface area contributed by atoms with Gasteiger partial charge in [0.25, 0.3) is 0 Å². The van der Waals surface area contributed by atoms with E-state index in [9.17, 15) is 5.11 Å². The van der Waals surface area contributed by atoms with Gasteiger partial charge in [-0.3, -0.25) is 0 Å². The predicted molar refractivity (Wildman–Crippen MR) is 64.9 cm³/mol. The fourth-order valence-corrected chi connectivity index (χ4v) is 2.12. The fourth-order valence-electron chi connectivity index (χ4n) is 2.12. The van der Waals surface area contributed by atoms with Gasteiger partial charge in [-0.2, -0.15) is 0 Å². The first-order valence-electron chi connectivity index (χ1n) is 5.85. The number of hydrogen-bond acceptors (Lipinski definition) is 2. The highest BCUT2D eigenvalue weighted by atomic mass is 16.3. The summed E-state index contributed by atoms with van der Waals surface area (Å²) in [4.78, 5) is 2.28. The molecule has 0 aromatic carbocycles. The maximum Gasteiger partial charge on any atom is 0.0884 e.